The van der Waals surface area contributed by atoms with Gasteiger partial charge in [-0.25, -0.2) is 0 Å². The Morgan fingerprint density at radius 3 is 3.06 bits per heavy atom. The quantitative estimate of drug-likeness (QED) is 0.817. The van der Waals surface area contributed by atoms with E-state index in [0.717, 1.165) is 15.8 Å². The average Bonchev–Trinajstić information content (AvgIpc) is 2.94. The number of aromatic amines is 1. The summed E-state index contributed by atoms with van der Waals surface area (Å²) in [5.74, 6) is -0.169. The Morgan fingerprint density at radius 2 is 2.47 bits per heavy atom. The molecule has 1 amide bonds. The highest BCUT2D eigenvalue weighted by molar-refractivity contribution is 14.1. The third-order valence-electron chi connectivity index (χ3n) is 2.27. The minimum Gasteiger partial charge on any atom is -0.345 e. The molecule has 0 fully saturated rings. The van der Waals surface area contributed by atoms with Crippen molar-refractivity contribution in [2.45, 2.75) is 20.0 Å². The zero-order chi connectivity index (χ0) is 12.3. The predicted molar refractivity (Wildman–Crippen MR) is 70.4 cm³/mol. The van der Waals surface area contributed by atoms with E-state index in [9.17, 15) is 4.79 Å². The van der Waals surface area contributed by atoms with Crippen molar-refractivity contribution in [2.24, 2.45) is 0 Å². The van der Waals surface area contributed by atoms with Crippen molar-refractivity contribution in [3.8, 4) is 0 Å². The van der Waals surface area contributed by atoms with Gasteiger partial charge in [0, 0.05) is 12.7 Å². The van der Waals surface area contributed by atoms with Crippen molar-refractivity contribution < 1.29 is 4.79 Å². The normalized spacial score (nSPS) is 10.5. The van der Waals surface area contributed by atoms with Gasteiger partial charge in [0.15, 0.2) is 0 Å². The van der Waals surface area contributed by atoms with Crippen LogP contribution in [0, 0.1) is 3.57 Å². The summed E-state index contributed by atoms with van der Waals surface area (Å²) in [4.78, 5) is 11.8. The zero-order valence-electron chi connectivity index (χ0n) is 9.27. The topological polar surface area (TPSA) is 75.6 Å². The van der Waals surface area contributed by atoms with Crippen LogP contribution < -0.4 is 5.32 Å². The van der Waals surface area contributed by atoms with Crippen molar-refractivity contribution >= 4 is 28.5 Å². The number of halogens is 1. The van der Waals surface area contributed by atoms with Gasteiger partial charge in [-0.05, 0) is 35.6 Å². The molecule has 2 aromatic heterocycles. The van der Waals surface area contributed by atoms with Crippen molar-refractivity contribution in [3.05, 3.63) is 33.4 Å². The highest BCUT2D eigenvalue weighted by atomic mass is 127. The summed E-state index contributed by atoms with van der Waals surface area (Å²) in [7, 11) is 0. The third kappa shape index (κ3) is 2.84. The molecule has 2 N–H and O–H groups in total. The van der Waals surface area contributed by atoms with Crippen LogP contribution in [0.15, 0.2) is 18.5 Å². The Bertz CT molecular complexity index is 518. The van der Waals surface area contributed by atoms with E-state index in [1.165, 1.54) is 0 Å². The molecule has 0 saturated heterocycles. The van der Waals surface area contributed by atoms with Crippen molar-refractivity contribution in [2.75, 3.05) is 0 Å². The molecule has 90 valence electrons. The number of carbonyl (C=O) groups is 1. The maximum Gasteiger partial charge on any atom is 0.270 e. The lowest BCUT2D eigenvalue weighted by Crippen LogP contribution is -2.24. The Hall–Kier alpha value is -1.38. The maximum atomic E-state index is 11.8. The molecule has 0 aliphatic heterocycles. The van der Waals surface area contributed by atoms with E-state index in [1.54, 1.807) is 6.20 Å². The number of nitrogens with one attached hydrogen (secondary N) is 2. The van der Waals surface area contributed by atoms with Gasteiger partial charge in [-0.1, -0.05) is 0 Å². The molecule has 0 radical (unpaired) electrons. The number of hydrogen-bond donors (Lipinski definition) is 2. The molecule has 0 bridgehead atoms. The Balaban J connectivity index is 1.94. The second-order valence-corrected chi connectivity index (χ2v) is 4.60. The number of aryl methyl sites for hydroxylation is 1. The number of carbonyl (C=O) groups excluding carboxylic acids is 1. The number of nitrogens with zero attached hydrogens (tertiary/aromatic N) is 3. The van der Waals surface area contributed by atoms with Gasteiger partial charge in [0.05, 0.1) is 22.0 Å². The monoisotopic (exact) mass is 345 g/mol. The summed E-state index contributed by atoms with van der Waals surface area (Å²) in [5, 5.41) is 13.5. The summed E-state index contributed by atoms with van der Waals surface area (Å²) in [5.41, 5.74) is 1.33. The first kappa shape index (κ1) is 12.1. The molecule has 2 heterocycles. The van der Waals surface area contributed by atoms with Crippen LogP contribution >= 0.6 is 22.6 Å². The first-order valence-electron chi connectivity index (χ1n) is 5.20. The van der Waals surface area contributed by atoms with Gasteiger partial charge in [0.25, 0.3) is 5.91 Å². The standard InChI is InChI=1S/C10H12IN5O/c1-2-16-4-3-7(15-16)5-12-10(17)9-8(11)6-13-14-9/h3-4,6H,2,5H2,1H3,(H,12,17)(H,13,14). The zero-order valence-corrected chi connectivity index (χ0v) is 11.4. The predicted octanol–water partition coefficient (Wildman–Crippen LogP) is 1.16. The Morgan fingerprint density at radius 1 is 1.65 bits per heavy atom. The summed E-state index contributed by atoms with van der Waals surface area (Å²) in [6.45, 7) is 3.26. The first-order chi connectivity index (χ1) is 8.20. The number of amides is 1. The summed E-state index contributed by atoms with van der Waals surface area (Å²) in [6, 6.07) is 1.89. The molecule has 17 heavy (non-hydrogen) atoms. The van der Waals surface area contributed by atoms with E-state index < -0.39 is 0 Å². The second-order valence-electron chi connectivity index (χ2n) is 3.44. The lowest BCUT2D eigenvalue weighted by atomic mass is 10.4. The van der Waals surface area contributed by atoms with Crippen LogP contribution in [0.1, 0.15) is 23.1 Å². The van der Waals surface area contributed by atoms with E-state index in [0.29, 0.717) is 12.2 Å². The van der Waals surface area contributed by atoms with Gasteiger partial charge in [-0.3, -0.25) is 14.6 Å². The summed E-state index contributed by atoms with van der Waals surface area (Å²) < 4.78 is 2.63. The molecule has 0 aliphatic rings. The van der Waals surface area contributed by atoms with Crippen molar-refractivity contribution in [1.82, 2.24) is 25.3 Å². The number of rotatable bonds is 4. The highest BCUT2D eigenvalue weighted by Crippen LogP contribution is 2.07. The molecular formula is C10H12IN5O. The molecule has 0 aromatic carbocycles. The van der Waals surface area contributed by atoms with Crippen LogP contribution in [0.3, 0.4) is 0 Å². The SMILES string of the molecule is CCn1ccc(CNC(=O)c2[nH]ncc2I)n1. The number of hydrogen-bond acceptors (Lipinski definition) is 3. The molecule has 2 rings (SSSR count). The highest BCUT2D eigenvalue weighted by Gasteiger charge is 2.11. The van der Waals surface area contributed by atoms with Crippen LogP contribution in [-0.2, 0) is 13.1 Å². The fourth-order valence-corrected chi connectivity index (χ4v) is 1.87. The minimum absolute atomic E-state index is 0.169. The molecule has 0 unspecified atom stereocenters. The van der Waals surface area contributed by atoms with Gasteiger partial charge in [0.2, 0.25) is 0 Å². The molecule has 0 atom stereocenters. The van der Waals surface area contributed by atoms with Crippen LogP contribution in [0.4, 0.5) is 0 Å². The summed E-state index contributed by atoms with van der Waals surface area (Å²) in [6.07, 6.45) is 3.50. The molecule has 6 nitrogen and oxygen atoms in total. The third-order valence-corrected chi connectivity index (χ3v) is 3.09. The molecule has 0 spiro atoms. The molecular weight excluding hydrogens is 333 g/mol. The van der Waals surface area contributed by atoms with Crippen molar-refractivity contribution in [1.29, 1.82) is 0 Å². The first-order valence-corrected chi connectivity index (χ1v) is 6.28. The van der Waals surface area contributed by atoms with Crippen molar-refractivity contribution in [3.63, 3.8) is 0 Å². The largest absolute Gasteiger partial charge is 0.345 e. The number of H-pyrrole nitrogens is 1. The smallest absolute Gasteiger partial charge is 0.270 e. The van der Waals surface area contributed by atoms with E-state index in [-0.39, 0.29) is 5.91 Å². The molecule has 0 saturated carbocycles. The van der Waals surface area contributed by atoms with E-state index in [2.05, 4.69) is 43.2 Å². The van der Waals surface area contributed by atoms with Crippen LogP contribution in [-0.4, -0.2) is 25.9 Å². The van der Waals surface area contributed by atoms with Gasteiger partial charge >= 0.3 is 0 Å². The van der Waals surface area contributed by atoms with Crippen LogP contribution in [0.5, 0.6) is 0 Å². The Labute approximate surface area is 112 Å². The second kappa shape index (κ2) is 5.30. The van der Waals surface area contributed by atoms with Crippen LogP contribution in [0.2, 0.25) is 0 Å². The van der Waals surface area contributed by atoms with Gasteiger partial charge < -0.3 is 5.32 Å². The van der Waals surface area contributed by atoms with E-state index in [4.69, 9.17) is 0 Å². The lowest BCUT2D eigenvalue weighted by Gasteiger charge is -2.01. The van der Waals surface area contributed by atoms with Gasteiger partial charge in [0.1, 0.15) is 5.69 Å². The average molecular weight is 345 g/mol. The maximum absolute atomic E-state index is 11.8. The van der Waals surface area contributed by atoms with Crippen LogP contribution in [0.25, 0.3) is 0 Å². The lowest BCUT2D eigenvalue weighted by molar-refractivity contribution is 0.0944. The van der Waals surface area contributed by atoms with E-state index >= 15 is 0 Å². The fraction of sp³-hybridized carbons (Fsp3) is 0.300. The summed E-state index contributed by atoms with van der Waals surface area (Å²) >= 11 is 2.06. The molecule has 7 heteroatoms. The van der Waals surface area contributed by atoms with Gasteiger partial charge in [-0.15, -0.1) is 0 Å². The molecule has 2 aromatic rings. The van der Waals surface area contributed by atoms with E-state index in [1.807, 2.05) is 23.9 Å². The Kier molecular flexibility index (Phi) is 3.77. The van der Waals surface area contributed by atoms with Gasteiger partial charge in [-0.2, -0.15) is 10.2 Å². The minimum atomic E-state index is -0.169. The molecule has 0 aliphatic carbocycles. The fourth-order valence-electron chi connectivity index (χ4n) is 1.36. The number of aromatic nitrogens is 4.